The first-order valence-corrected chi connectivity index (χ1v) is 44.5. The van der Waals surface area contributed by atoms with Gasteiger partial charge in [-0.3, -0.25) is 24.0 Å². The average Bonchev–Trinajstić information content (AvgIpc) is 1.57. The van der Waals surface area contributed by atoms with Gasteiger partial charge in [-0.15, -0.1) is 0 Å². The number of methoxy groups -OCH3 is 1. The number of nitrogens with zero attached hydrogens (tertiary/aromatic N) is 11. The molecule has 0 spiro atoms. The van der Waals surface area contributed by atoms with E-state index in [1.807, 2.05) is 71.6 Å². The van der Waals surface area contributed by atoms with Gasteiger partial charge in [0, 0.05) is 84.5 Å². The lowest BCUT2D eigenvalue weighted by Gasteiger charge is -2.38. The number of carbonyl (C=O) groups excluding carboxylic acids is 5. The predicted molar refractivity (Wildman–Crippen MR) is 462 cm³/mol. The highest BCUT2D eigenvalue weighted by molar-refractivity contribution is 7.90. The maximum absolute atomic E-state index is 13.9. The van der Waals surface area contributed by atoms with Crippen molar-refractivity contribution >= 4 is 100 Å². The summed E-state index contributed by atoms with van der Waals surface area (Å²) in [6.45, 7) is 26.2. The van der Waals surface area contributed by atoms with Crippen LogP contribution in [0.25, 0.3) is 16.8 Å². The van der Waals surface area contributed by atoms with Crippen LogP contribution in [0.4, 0.5) is 34.9 Å². The van der Waals surface area contributed by atoms with E-state index in [2.05, 4.69) is 136 Å². The van der Waals surface area contributed by atoms with Crippen LogP contribution in [-0.2, 0) is 57.9 Å². The highest BCUT2D eigenvalue weighted by atomic mass is 32.2. The minimum absolute atomic E-state index is 0.0242. The van der Waals surface area contributed by atoms with Gasteiger partial charge >= 0.3 is 0 Å². The number of nitrogens with one attached hydrogen (secondary N) is 4. The zero-order valence-electron chi connectivity index (χ0n) is 69.6. The number of hydrogen-bond acceptors (Lipinski definition) is 24. The van der Waals surface area contributed by atoms with E-state index >= 15 is 0 Å². The Labute approximate surface area is 702 Å². The number of pyridine rings is 7. The number of nitrogen functional groups attached to an aromatic ring is 2. The minimum Gasteiger partial charge on any atom is -0.481 e. The quantitative estimate of drug-likeness (QED) is 0.0367. The molecule has 29 nitrogen and oxygen atoms in total. The molecule has 7 aromatic heterocycles. The normalized spacial score (nSPS) is 18.1. The first-order valence-electron chi connectivity index (χ1n) is 40.0. The maximum atomic E-state index is 13.9. The molecule has 4 aliphatic heterocycles. The SMILES string of the molecule is CC(C)(C)c1ccc(C(=O)NS(=O)(=O)c2cccc(N)n2)c(N2CCC(CC3CC3)C2(C)C)n1.COc1ccc(-c2ccc(C(=O)NS(=O)(=O)c3cccnc3N)c(N3C[C@@H](C)CC3(C)C)n2)cn1.C[C@@H]1CN(c2nc(C3=CCCN(C(=O)Cc4ccccc4)C3)ccc2C(=O)NS(=O)(=O)c2cccc(NC(=O)Cc3ccccc3)n2)C(C)(C)C1. The van der Waals surface area contributed by atoms with Crippen LogP contribution in [0.3, 0.4) is 0 Å². The third-order valence-corrected chi connectivity index (χ3v) is 26.1. The van der Waals surface area contributed by atoms with Crippen LogP contribution < -0.4 is 50.4 Å². The predicted octanol–water partition coefficient (Wildman–Crippen LogP) is 12.0. The van der Waals surface area contributed by atoms with Crippen LogP contribution in [0.15, 0.2) is 191 Å². The molecule has 4 fully saturated rings. The second-order valence-corrected chi connectivity index (χ2v) is 39.0. The Morgan fingerprint density at radius 1 is 0.550 bits per heavy atom. The molecule has 11 heterocycles. The van der Waals surface area contributed by atoms with Crippen LogP contribution in [0.5, 0.6) is 5.88 Å². The van der Waals surface area contributed by atoms with E-state index in [0.29, 0.717) is 91.5 Å². The number of amides is 5. The molecule has 120 heavy (non-hydrogen) atoms. The van der Waals surface area contributed by atoms with Crippen molar-refractivity contribution in [3.63, 3.8) is 0 Å². The number of benzene rings is 2. The molecule has 5 amide bonds. The second kappa shape index (κ2) is 35.7. The van der Waals surface area contributed by atoms with Gasteiger partial charge in [0.15, 0.2) is 10.1 Å². The molecule has 14 rings (SSSR count). The van der Waals surface area contributed by atoms with Crippen LogP contribution in [-0.4, -0.2) is 151 Å². The number of rotatable bonds is 22. The summed E-state index contributed by atoms with van der Waals surface area (Å²) in [6, 6.07) is 43.6. The summed E-state index contributed by atoms with van der Waals surface area (Å²) in [4.78, 5) is 105. The lowest BCUT2D eigenvalue weighted by Crippen LogP contribution is -2.45. The number of nitrogens with two attached hydrogens (primary N) is 2. The van der Waals surface area contributed by atoms with E-state index < -0.39 is 52.8 Å². The van der Waals surface area contributed by atoms with E-state index in [1.54, 1.807) is 48.7 Å². The largest absolute Gasteiger partial charge is 0.481 e. The summed E-state index contributed by atoms with van der Waals surface area (Å²) in [7, 11) is -11.3. The summed E-state index contributed by atoms with van der Waals surface area (Å²) in [5, 5.41) is 1.92. The van der Waals surface area contributed by atoms with Crippen molar-refractivity contribution in [1.82, 2.24) is 54.0 Å². The molecular weight excluding hydrogens is 1580 g/mol. The van der Waals surface area contributed by atoms with Gasteiger partial charge in [0.25, 0.3) is 47.8 Å². The number of anilines is 6. The Hall–Kier alpha value is -11.8. The molecule has 8 N–H and O–H groups in total. The highest BCUT2D eigenvalue weighted by Crippen LogP contribution is 2.47. The summed E-state index contributed by atoms with van der Waals surface area (Å²) in [6.07, 6.45) is 12.7. The maximum Gasteiger partial charge on any atom is 0.281 e. The number of sulfonamides is 3. The molecule has 1 saturated carbocycles. The van der Waals surface area contributed by atoms with Crippen molar-refractivity contribution in [3.8, 4) is 17.1 Å². The van der Waals surface area contributed by atoms with Crippen LogP contribution in [0, 0.1) is 23.7 Å². The molecule has 3 saturated heterocycles. The summed E-state index contributed by atoms with van der Waals surface area (Å²) < 4.78 is 90.1. The Kier molecular flexibility index (Phi) is 26.0. The van der Waals surface area contributed by atoms with Gasteiger partial charge in [0.05, 0.1) is 48.0 Å². The number of aromatic nitrogens is 7. The van der Waals surface area contributed by atoms with Gasteiger partial charge in [0.1, 0.15) is 39.8 Å². The fraction of sp³-hybridized carbons (Fsp3) is 0.386. The highest BCUT2D eigenvalue weighted by Gasteiger charge is 2.47. The first-order chi connectivity index (χ1) is 56.7. The van der Waals surface area contributed by atoms with E-state index in [0.717, 1.165) is 59.7 Å². The molecule has 1 aliphatic carbocycles. The standard InChI is InChI=1S/C39H42N6O5S.C25H35N5O3S.C24H28N6O4S/c1-27-24-39(2,3)45(25-27)37-31(19-20-32(40-37)30-16-11-21-44(26-30)36(47)23-29-14-8-5-9-15-29)38(48)43-51(49,50)35-18-10-17-33(42-35)41-34(46)22-28-12-6-4-7-13-28;1-24(2,3)19-12-11-18(23(31)29-34(32,33)21-8-6-7-20(26)28-21)22(27-19)30-14-13-17(25(30,4)5)15-16-9-10-16;1-15-12-24(2,3)30(14-15)22-17(8-9-18(28-22)16-7-10-20(34-4)27-13-16)23(31)29-35(32,33)19-6-5-11-26-21(19)25/h4-10,12-20,27H,11,21-26H2,1-3H3,(H,43,48)(H,41,42,46);6-8,11-12,16-17H,9-10,13-15H2,1-5H3,(H2,26,28)(H,29,31);5-11,13,15H,12,14H2,1-4H3,(H2,25,26)(H,29,31)/t27-;;15-/m0.0/s1. The Morgan fingerprint density at radius 2 is 1.09 bits per heavy atom. The zero-order valence-corrected chi connectivity index (χ0v) is 72.1. The molecule has 2 aromatic carbocycles. The van der Waals surface area contributed by atoms with Crippen LogP contribution >= 0.6 is 0 Å². The van der Waals surface area contributed by atoms with Crippen molar-refractivity contribution in [3.05, 3.63) is 215 Å². The number of carbonyl (C=O) groups is 5. The van der Waals surface area contributed by atoms with Crippen molar-refractivity contribution in [2.75, 3.05) is 71.3 Å². The average molecular weight is 1690 g/mol. The number of hydrogen-bond donors (Lipinski definition) is 6. The topological polar surface area (TPSA) is 400 Å². The Balaban J connectivity index is 0.000000170. The van der Waals surface area contributed by atoms with Crippen molar-refractivity contribution < 1.29 is 54.0 Å². The fourth-order valence-corrected chi connectivity index (χ4v) is 19.0. The molecule has 0 bridgehead atoms. The van der Waals surface area contributed by atoms with Crippen molar-refractivity contribution in [1.29, 1.82) is 0 Å². The van der Waals surface area contributed by atoms with Crippen LogP contribution in [0.1, 0.15) is 175 Å². The molecule has 0 radical (unpaired) electrons. The van der Waals surface area contributed by atoms with E-state index in [1.165, 1.54) is 81.1 Å². The van der Waals surface area contributed by atoms with E-state index in [4.69, 9.17) is 31.2 Å². The van der Waals surface area contributed by atoms with Gasteiger partial charge in [0.2, 0.25) is 17.7 Å². The molecule has 5 aliphatic rings. The molecule has 1 unspecified atom stereocenters. The zero-order chi connectivity index (χ0) is 86.4. The lowest BCUT2D eigenvalue weighted by atomic mass is 9.84. The first kappa shape index (κ1) is 87.5. The fourth-order valence-electron chi connectivity index (χ4n) is 16.0. The molecule has 32 heteroatoms. The number of ether oxygens (including phenoxy) is 1. The van der Waals surface area contributed by atoms with E-state index in [9.17, 15) is 49.2 Å². The second-order valence-electron chi connectivity index (χ2n) is 34.1. The van der Waals surface area contributed by atoms with Gasteiger partial charge < -0.3 is 41.1 Å². The lowest BCUT2D eigenvalue weighted by molar-refractivity contribution is -0.130. The molecule has 9 aromatic rings. The van der Waals surface area contributed by atoms with E-state index in [-0.39, 0.29) is 84.3 Å². The summed E-state index contributed by atoms with van der Waals surface area (Å²) in [5.74, 6) is 0.962. The molecule has 3 atom stereocenters. The Bertz CT molecular complexity index is 5710. The monoisotopic (exact) mass is 1690 g/mol. The summed E-state index contributed by atoms with van der Waals surface area (Å²) in [5.41, 5.74) is 16.2. The van der Waals surface area contributed by atoms with Gasteiger partial charge in [-0.2, -0.15) is 16.8 Å². The molecule has 632 valence electrons. The smallest absolute Gasteiger partial charge is 0.281 e. The molecular formula is C88H105N17O12S3. The van der Waals surface area contributed by atoms with Crippen molar-refractivity contribution in [2.45, 2.75) is 171 Å². The van der Waals surface area contributed by atoms with Crippen LogP contribution in [0.2, 0.25) is 0 Å². The van der Waals surface area contributed by atoms with Gasteiger partial charge in [-0.25, -0.2) is 57.5 Å². The van der Waals surface area contributed by atoms with Gasteiger partial charge in [-0.1, -0.05) is 126 Å². The Morgan fingerprint density at radius 3 is 1.62 bits per heavy atom. The third-order valence-electron chi connectivity index (χ3n) is 22.3. The van der Waals surface area contributed by atoms with Gasteiger partial charge in [-0.05, 0) is 193 Å². The minimum atomic E-state index is -4.44. The third kappa shape index (κ3) is 20.9. The van der Waals surface area contributed by atoms with Crippen molar-refractivity contribution in [2.24, 2.45) is 23.7 Å². The summed E-state index contributed by atoms with van der Waals surface area (Å²) >= 11 is 0.